The summed E-state index contributed by atoms with van der Waals surface area (Å²) in [5.41, 5.74) is 1.07. The van der Waals surface area contributed by atoms with Gasteiger partial charge in [0.05, 0.1) is 17.8 Å². The Kier molecular flexibility index (Phi) is 4.23. The van der Waals surface area contributed by atoms with Crippen LogP contribution in [-0.2, 0) is 6.54 Å². The molecule has 128 valence electrons. The largest absolute Gasteiger partial charge is 0.486 e. The van der Waals surface area contributed by atoms with Gasteiger partial charge in [-0.15, -0.1) is 11.3 Å². The average molecular weight is 360 g/mol. The number of aromatic nitrogens is 1. The van der Waals surface area contributed by atoms with Crippen molar-refractivity contribution >= 4 is 17.0 Å². The van der Waals surface area contributed by atoms with E-state index in [2.05, 4.69) is 10.3 Å². The van der Waals surface area contributed by atoms with E-state index in [1.165, 1.54) is 29.5 Å². The maximum atomic E-state index is 13.8. The third kappa shape index (κ3) is 3.28. The number of benzene rings is 2. The molecule has 0 atom stereocenters. The van der Waals surface area contributed by atoms with Crippen LogP contribution in [0.25, 0.3) is 11.3 Å². The van der Waals surface area contributed by atoms with Crippen molar-refractivity contribution in [3.8, 4) is 22.8 Å². The first kappa shape index (κ1) is 15.8. The molecule has 4 nitrogen and oxygen atoms in total. The van der Waals surface area contributed by atoms with Gasteiger partial charge in [-0.1, -0.05) is 6.07 Å². The summed E-state index contributed by atoms with van der Waals surface area (Å²) in [6.07, 6.45) is 0. The number of hydrogen-bond acceptors (Lipinski definition) is 5. The van der Waals surface area contributed by atoms with E-state index in [0.29, 0.717) is 31.2 Å². The predicted octanol–water partition coefficient (Wildman–Crippen LogP) is 4.47. The average Bonchev–Trinajstić information content (AvgIpc) is 3.08. The van der Waals surface area contributed by atoms with Gasteiger partial charge in [0.1, 0.15) is 29.9 Å². The van der Waals surface area contributed by atoms with Gasteiger partial charge in [0.2, 0.25) is 0 Å². The normalized spacial score (nSPS) is 12.9. The summed E-state index contributed by atoms with van der Waals surface area (Å²) >= 11 is 1.35. The molecule has 0 spiro atoms. The van der Waals surface area contributed by atoms with Gasteiger partial charge >= 0.3 is 0 Å². The molecule has 1 aliphatic rings. The first-order chi connectivity index (χ1) is 12.2. The van der Waals surface area contributed by atoms with E-state index in [9.17, 15) is 8.78 Å². The summed E-state index contributed by atoms with van der Waals surface area (Å²) in [5.74, 6) is 0.196. The Morgan fingerprint density at radius 3 is 2.60 bits per heavy atom. The molecule has 25 heavy (non-hydrogen) atoms. The van der Waals surface area contributed by atoms with Crippen LogP contribution < -0.4 is 14.8 Å². The zero-order valence-electron chi connectivity index (χ0n) is 13.1. The van der Waals surface area contributed by atoms with E-state index in [4.69, 9.17) is 9.47 Å². The molecule has 2 aromatic carbocycles. The van der Waals surface area contributed by atoms with Gasteiger partial charge in [-0.3, -0.25) is 0 Å². The Labute approximate surface area is 147 Å². The molecule has 1 aromatic heterocycles. The van der Waals surface area contributed by atoms with Crippen LogP contribution in [0.4, 0.5) is 14.5 Å². The second-order valence-electron chi connectivity index (χ2n) is 5.44. The smallest absolute Gasteiger partial charge is 0.163 e. The van der Waals surface area contributed by atoms with Crippen molar-refractivity contribution in [2.24, 2.45) is 0 Å². The molecule has 4 rings (SSSR count). The molecule has 0 aliphatic carbocycles. The topological polar surface area (TPSA) is 43.4 Å². The van der Waals surface area contributed by atoms with Crippen LogP contribution in [0.1, 0.15) is 5.01 Å². The number of fused-ring (bicyclic) bond motifs is 1. The molecular weight excluding hydrogens is 346 g/mol. The number of thiazole rings is 1. The van der Waals surface area contributed by atoms with E-state index in [1.807, 2.05) is 18.2 Å². The SMILES string of the molecule is Fc1cccc(F)c1-c1csc(CNc2ccc3c(c2)OCCO3)n1. The first-order valence-electron chi connectivity index (χ1n) is 7.73. The second-order valence-corrected chi connectivity index (χ2v) is 6.38. The van der Waals surface area contributed by atoms with E-state index in [-0.39, 0.29) is 5.56 Å². The standard InChI is InChI=1S/C18H14F2N2O2S/c19-12-2-1-3-13(20)18(12)14-10-25-17(22-14)9-21-11-4-5-15-16(8-11)24-7-6-23-15/h1-5,8,10,21H,6-7,9H2. The summed E-state index contributed by atoms with van der Waals surface area (Å²) in [4.78, 5) is 4.32. The van der Waals surface area contributed by atoms with Crippen LogP contribution in [0.2, 0.25) is 0 Å². The van der Waals surface area contributed by atoms with E-state index >= 15 is 0 Å². The molecule has 0 saturated carbocycles. The zero-order valence-corrected chi connectivity index (χ0v) is 13.9. The van der Waals surface area contributed by atoms with E-state index in [1.54, 1.807) is 5.38 Å². The van der Waals surface area contributed by atoms with Crippen molar-refractivity contribution in [2.75, 3.05) is 18.5 Å². The van der Waals surface area contributed by atoms with E-state index < -0.39 is 11.6 Å². The van der Waals surface area contributed by atoms with Gasteiger partial charge in [0.15, 0.2) is 11.5 Å². The van der Waals surface area contributed by atoms with Crippen molar-refractivity contribution in [1.29, 1.82) is 0 Å². The van der Waals surface area contributed by atoms with Crippen LogP contribution in [0.3, 0.4) is 0 Å². The van der Waals surface area contributed by atoms with Crippen LogP contribution in [0.5, 0.6) is 11.5 Å². The van der Waals surface area contributed by atoms with Gasteiger partial charge in [-0.25, -0.2) is 13.8 Å². The highest BCUT2D eigenvalue weighted by Crippen LogP contribution is 2.33. The van der Waals surface area contributed by atoms with Crippen molar-refractivity contribution in [3.63, 3.8) is 0 Å². The number of halogens is 2. The van der Waals surface area contributed by atoms with Gasteiger partial charge in [0.25, 0.3) is 0 Å². The molecule has 3 aromatic rings. The van der Waals surface area contributed by atoms with Gasteiger partial charge in [-0.05, 0) is 24.3 Å². The summed E-state index contributed by atoms with van der Waals surface area (Å²) < 4.78 is 38.7. The van der Waals surface area contributed by atoms with Gasteiger partial charge in [0, 0.05) is 17.1 Å². The van der Waals surface area contributed by atoms with Crippen molar-refractivity contribution in [1.82, 2.24) is 4.98 Å². The lowest BCUT2D eigenvalue weighted by atomic mass is 10.1. The number of rotatable bonds is 4. The monoisotopic (exact) mass is 360 g/mol. The molecule has 0 fully saturated rings. The fourth-order valence-electron chi connectivity index (χ4n) is 2.58. The Morgan fingerprint density at radius 1 is 1.04 bits per heavy atom. The lowest BCUT2D eigenvalue weighted by Crippen LogP contribution is -2.15. The lowest BCUT2D eigenvalue weighted by Gasteiger charge is -2.19. The van der Waals surface area contributed by atoms with Crippen LogP contribution in [-0.4, -0.2) is 18.2 Å². The molecule has 0 unspecified atom stereocenters. The third-order valence-electron chi connectivity index (χ3n) is 3.76. The Hall–Kier alpha value is -2.67. The molecule has 0 saturated heterocycles. The highest BCUT2D eigenvalue weighted by molar-refractivity contribution is 7.10. The van der Waals surface area contributed by atoms with E-state index in [0.717, 1.165) is 16.4 Å². The molecular formula is C18H14F2N2O2S. The lowest BCUT2D eigenvalue weighted by molar-refractivity contribution is 0.171. The number of anilines is 1. The minimum Gasteiger partial charge on any atom is -0.486 e. The molecule has 0 bridgehead atoms. The molecule has 2 heterocycles. The molecule has 1 N–H and O–H groups in total. The molecule has 7 heteroatoms. The Bertz CT molecular complexity index is 894. The number of nitrogens with zero attached hydrogens (tertiary/aromatic N) is 1. The first-order valence-corrected chi connectivity index (χ1v) is 8.61. The van der Waals surface area contributed by atoms with Crippen molar-refractivity contribution < 1.29 is 18.3 Å². The predicted molar refractivity (Wildman–Crippen MR) is 92.2 cm³/mol. The fraction of sp³-hybridized carbons (Fsp3) is 0.167. The number of nitrogens with one attached hydrogen (secondary N) is 1. The van der Waals surface area contributed by atoms with Gasteiger partial charge in [-0.2, -0.15) is 0 Å². The minimum absolute atomic E-state index is 0.0932. The third-order valence-corrected chi connectivity index (χ3v) is 4.61. The number of hydrogen-bond donors (Lipinski definition) is 1. The van der Waals surface area contributed by atoms with Crippen LogP contribution in [0, 0.1) is 11.6 Å². The van der Waals surface area contributed by atoms with Crippen molar-refractivity contribution in [2.45, 2.75) is 6.54 Å². The highest BCUT2D eigenvalue weighted by atomic mass is 32.1. The zero-order chi connectivity index (χ0) is 17.2. The van der Waals surface area contributed by atoms with Crippen LogP contribution in [0.15, 0.2) is 41.8 Å². The molecule has 0 radical (unpaired) electrons. The number of ether oxygens (including phenoxy) is 2. The molecule has 1 aliphatic heterocycles. The minimum atomic E-state index is -0.614. The highest BCUT2D eigenvalue weighted by Gasteiger charge is 2.15. The fourth-order valence-corrected chi connectivity index (χ4v) is 3.31. The summed E-state index contributed by atoms with van der Waals surface area (Å²) in [7, 11) is 0. The summed E-state index contributed by atoms with van der Waals surface area (Å²) in [6, 6.07) is 9.39. The van der Waals surface area contributed by atoms with Crippen LogP contribution >= 0.6 is 11.3 Å². The van der Waals surface area contributed by atoms with Crippen molar-refractivity contribution in [3.05, 3.63) is 58.4 Å². The summed E-state index contributed by atoms with van der Waals surface area (Å²) in [6.45, 7) is 1.52. The van der Waals surface area contributed by atoms with Gasteiger partial charge < -0.3 is 14.8 Å². The Balaban J connectivity index is 1.49. The summed E-state index contributed by atoms with van der Waals surface area (Å²) in [5, 5.41) is 5.61. The Morgan fingerprint density at radius 2 is 1.80 bits per heavy atom. The molecule has 0 amide bonds. The second kappa shape index (κ2) is 6.68. The maximum Gasteiger partial charge on any atom is 0.163 e. The maximum absolute atomic E-state index is 13.8. The quantitative estimate of drug-likeness (QED) is 0.745.